The molecule has 0 aliphatic rings. The van der Waals surface area contributed by atoms with E-state index in [1.54, 1.807) is 12.3 Å². The van der Waals surface area contributed by atoms with E-state index in [4.69, 9.17) is 8.94 Å². The van der Waals surface area contributed by atoms with E-state index >= 15 is 0 Å². The molecule has 3 aromatic heterocycles. The largest absolute Gasteiger partial charge is 0.468 e. The fourth-order valence-corrected chi connectivity index (χ4v) is 2.57. The topological polar surface area (TPSA) is 155 Å². The van der Waals surface area contributed by atoms with Crippen LogP contribution in [0.3, 0.4) is 0 Å². The Kier molecular flexibility index (Phi) is 5.46. The highest BCUT2D eigenvalue weighted by Crippen LogP contribution is 2.22. The quantitative estimate of drug-likeness (QED) is 0.277. The van der Waals surface area contributed by atoms with Crippen molar-refractivity contribution in [3.8, 4) is 11.5 Å². The number of rotatable bonds is 9. The zero-order chi connectivity index (χ0) is 19.4. The van der Waals surface area contributed by atoms with Gasteiger partial charge >= 0.3 is 5.76 Å². The number of anilines is 1. The smallest absolute Gasteiger partial charge is 0.442 e. The Morgan fingerprint density at radius 2 is 2.15 bits per heavy atom. The van der Waals surface area contributed by atoms with Gasteiger partial charge in [0.1, 0.15) is 5.76 Å². The van der Waals surface area contributed by atoms with Crippen LogP contribution in [0.1, 0.15) is 5.76 Å². The summed E-state index contributed by atoms with van der Waals surface area (Å²) in [6.07, 6.45) is 2.50. The second kappa shape index (κ2) is 7.79. The fraction of sp³-hybridized carbons (Fsp3) is 0.385. The third-order valence-electron chi connectivity index (χ3n) is 3.40. The molecule has 3 aromatic rings. The van der Waals surface area contributed by atoms with Crippen molar-refractivity contribution >= 4 is 28.7 Å². The van der Waals surface area contributed by atoms with Crippen molar-refractivity contribution in [1.82, 2.24) is 20.0 Å². The summed E-state index contributed by atoms with van der Waals surface area (Å²) in [7, 11) is -1.70. The van der Waals surface area contributed by atoms with Crippen LogP contribution in [0, 0.1) is 0 Å². The first-order chi connectivity index (χ1) is 12.9. The van der Waals surface area contributed by atoms with Gasteiger partial charge in [0.05, 0.1) is 25.7 Å². The number of nitrogens with one attached hydrogen (secondary N) is 1. The molecule has 143 valence electrons. The molecule has 0 bridgehead atoms. The van der Waals surface area contributed by atoms with E-state index in [9.17, 15) is 13.2 Å². The van der Waals surface area contributed by atoms with Crippen LogP contribution in [-0.2, 0) is 20.8 Å². The van der Waals surface area contributed by atoms with Crippen LogP contribution < -0.4 is 16.5 Å². The molecule has 0 saturated carbocycles. The number of aromatic nitrogens is 4. The average Bonchev–Trinajstić information content (AvgIpc) is 3.32. The highest BCUT2D eigenvalue weighted by molar-refractivity contribution is 7.85. The van der Waals surface area contributed by atoms with Crippen LogP contribution in [0.4, 0.5) is 5.82 Å². The van der Waals surface area contributed by atoms with Gasteiger partial charge < -0.3 is 9.73 Å². The van der Waals surface area contributed by atoms with E-state index in [2.05, 4.69) is 29.6 Å². The lowest BCUT2D eigenvalue weighted by Crippen LogP contribution is -2.17. The summed E-state index contributed by atoms with van der Waals surface area (Å²) in [5, 5.41) is 13.9. The first kappa shape index (κ1) is 18.9. The van der Waals surface area contributed by atoms with Crippen LogP contribution in [0.2, 0.25) is 6.82 Å². The summed E-state index contributed by atoms with van der Waals surface area (Å²) in [4.78, 5) is 12.0. The lowest BCUT2D eigenvalue weighted by Gasteiger charge is -2.04. The molecule has 1 radical (unpaired) electrons. The Labute approximate surface area is 153 Å². The maximum atomic E-state index is 12.0. The average molecular weight is 396 g/mol. The van der Waals surface area contributed by atoms with Gasteiger partial charge in [-0.25, -0.2) is 14.0 Å². The van der Waals surface area contributed by atoms with Gasteiger partial charge in [-0.3, -0.25) is 8.71 Å². The Bertz CT molecular complexity index is 1070. The second-order valence-corrected chi connectivity index (χ2v) is 7.05. The van der Waals surface area contributed by atoms with Crippen LogP contribution >= 0.6 is 0 Å². The van der Waals surface area contributed by atoms with Gasteiger partial charge in [0.15, 0.2) is 13.0 Å². The third kappa shape index (κ3) is 4.65. The summed E-state index contributed by atoms with van der Waals surface area (Å²) in [5.74, 6) is 0.0299. The van der Waals surface area contributed by atoms with E-state index in [1.807, 2.05) is 14.1 Å². The molecule has 0 aliphatic carbocycles. The lowest BCUT2D eigenvalue weighted by molar-refractivity contribution is 0.308. The van der Waals surface area contributed by atoms with Crippen molar-refractivity contribution in [2.45, 2.75) is 13.4 Å². The van der Waals surface area contributed by atoms with E-state index in [0.29, 0.717) is 5.76 Å². The molecule has 0 spiro atoms. The van der Waals surface area contributed by atoms with Crippen molar-refractivity contribution in [3.63, 3.8) is 0 Å². The molecule has 3 rings (SSSR count). The van der Waals surface area contributed by atoms with Crippen molar-refractivity contribution in [3.05, 3.63) is 28.6 Å². The maximum absolute atomic E-state index is 12.0. The van der Waals surface area contributed by atoms with Gasteiger partial charge in [0.2, 0.25) is 11.6 Å². The van der Waals surface area contributed by atoms with Gasteiger partial charge in [-0.1, -0.05) is 17.4 Å². The van der Waals surface area contributed by atoms with Crippen molar-refractivity contribution < 1.29 is 26.2 Å². The standard InChI is InChI=1S/C13H15BN5O7S/c1-14-8-5-9(23-7-8)6-19-12(18-25-13(19)20)10-11(17-26-16-10)15-3-4-24-27(2,21)22/h5,7H,3-4,6H2,1-2H3,(H,15,17). The van der Waals surface area contributed by atoms with Gasteiger partial charge in [0.25, 0.3) is 10.1 Å². The van der Waals surface area contributed by atoms with Gasteiger partial charge in [-0.2, -0.15) is 8.42 Å². The fourth-order valence-electron chi connectivity index (χ4n) is 2.18. The summed E-state index contributed by atoms with van der Waals surface area (Å²) in [5.41, 5.74) is 0.987. The Morgan fingerprint density at radius 3 is 2.85 bits per heavy atom. The van der Waals surface area contributed by atoms with Crippen LogP contribution in [0.25, 0.3) is 11.5 Å². The predicted octanol–water partition coefficient (Wildman–Crippen LogP) is -0.707. The minimum atomic E-state index is -3.55. The zero-order valence-corrected chi connectivity index (χ0v) is 15.2. The summed E-state index contributed by atoms with van der Waals surface area (Å²) in [6.45, 7) is 1.90. The Morgan fingerprint density at radius 1 is 1.33 bits per heavy atom. The second-order valence-electron chi connectivity index (χ2n) is 5.41. The molecule has 3 heterocycles. The molecular weight excluding hydrogens is 381 g/mol. The zero-order valence-electron chi connectivity index (χ0n) is 14.4. The van der Waals surface area contributed by atoms with Gasteiger partial charge in [-0.15, -0.1) is 0 Å². The van der Waals surface area contributed by atoms with E-state index in [0.717, 1.165) is 11.7 Å². The summed E-state index contributed by atoms with van der Waals surface area (Å²) >= 11 is 0. The molecule has 12 nitrogen and oxygen atoms in total. The Hall–Kier alpha value is -2.87. The minimum absolute atomic E-state index is 0.0645. The predicted molar refractivity (Wildman–Crippen MR) is 92.4 cm³/mol. The Balaban J connectivity index is 1.77. The molecule has 0 saturated heterocycles. The van der Waals surface area contributed by atoms with Gasteiger partial charge in [-0.05, 0) is 16.4 Å². The van der Waals surface area contributed by atoms with E-state index < -0.39 is 15.9 Å². The summed E-state index contributed by atoms with van der Waals surface area (Å²) < 4.78 is 42.5. The number of hydrogen-bond donors (Lipinski definition) is 1. The molecule has 0 amide bonds. The van der Waals surface area contributed by atoms with E-state index in [-0.39, 0.29) is 37.0 Å². The van der Waals surface area contributed by atoms with Gasteiger partial charge in [0, 0.05) is 6.54 Å². The van der Waals surface area contributed by atoms with E-state index in [1.165, 1.54) is 4.57 Å². The normalized spacial score (nSPS) is 11.6. The lowest BCUT2D eigenvalue weighted by atomic mass is 9.75. The third-order valence-corrected chi connectivity index (χ3v) is 3.99. The maximum Gasteiger partial charge on any atom is 0.442 e. The molecule has 0 fully saturated rings. The molecule has 0 aliphatic heterocycles. The van der Waals surface area contributed by atoms with Crippen molar-refractivity contribution in [1.29, 1.82) is 0 Å². The van der Waals surface area contributed by atoms with Crippen molar-refractivity contribution in [2.75, 3.05) is 24.7 Å². The first-order valence-corrected chi connectivity index (χ1v) is 9.53. The highest BCUT2D eigenvalue weighted by atomic mass is 32.2. The molecule has 1 N–H and O–H groups in total. The van der Waals surface area contributed by atoms with Crippen molar-refractivity contribution in [2.24, 2.45) is 0 Å². The number of hydrogen-bond acceptors (Lipinski definition) is 11. The SMILES string of the molecule is C[B]c1coc(Cn2c(-c3nonc3NCCOS(C)(=O)=O)noc2=O)c1. The molecule has 27 heavy (non-hydrogen) atoms. The molecule has 14 heteroatoms. The number of furan rings is 1. The van der Waals surface area contributed by atoms with Crippen LogP contribution in [-0.4, -0.2) is 55.1 Å². The summed E-state index contributed by atoms with van der Waals surface area (Å²) in [6, 6.07) is 1.77. The van der Waals surface area contributed by atoms with Crippen LogP contribution in [0.5, 0.6) is 0 Å². The first-order valence-electron chi connectivity index (χ1n) is 7.72. The molecular formula is C13H15BN5O7S. The van der Waals surface area contributed by atoms with Crippen LogP contribution in [0.15, 0.2) is 30.7 Å². The molecule has 0 aromatic carbocycles. The molecule has 0 unspecified atom stereocenters. The molecule has 0 atom stereocenters. The number of nitrogens with zero attached hydrogens (tertiary/aromatic N) is 4. The monoisotopic (exact) mass is 396 g/mol. The minimum Gasteiger partial charge on any atom is -0.468 e. The highest BCUT2D eigenvalue weighted by Gasteiger charge is 2.22.